The van der Waals surface area contributed by atoms with Gasteiger partial charge in [-0.05, 0) is 63.8 Å². The summed E-state index contributed by atoms with van der Waals surface area (Å²) in [6.07, 6.45) is 0.227. The number of ether oxygens (including phenoxy) is 2. The van der Waals surface area contributed by atoms with E-state index < -0.39 is 59.0 Å². The number of aromatic hydroxyl groups is 1. The predicted molar refractivity (Wildman–Crippen MR) is 157 cm³/mol. The number of carbonyl (C=O) groups is 5. The molecule has 3 atom stereocenters. The van der Waals surface area contributed by atoms with Crippen LogP contribution in [0.15, 0.2) is 54.6 Å². The van der Waals surface area contributed by atoms with Crippen LogP contribution in [0.3, 0.4) is 0 Å². The first-order valence-electron chi connectivity index (χ1n) is 14.0. The Morgan fingerprint density at radius 3 is 1.91 bits per heavy atom. The molecular weight excluding hydrogens is 556 g/mol. The van der Waals surface area contributed by atoms with Crippen LogP contribution in [0.5, 0.6) is 5.75 Å². The summed E-state index contributed by atoms with van der Waals surface area (Å²) in [6.45, 7) is 6.51. The van der Waals surface area contributed by atoms with E-state index in [2.05, 4.69) is 21.3 Å². The van der Waals surface area contributed by atoms with Gasteiger partial charge < -0.3 is 35.8 Å². The van der Waals surface area contributed by atoms with Gasteiger partial charge in [-0.2, -0.15) is 0 Å². The van der Waals surface area contributed by atoms with Gasteiger partial charge in [-0.25, -0.2) is 9.59 Å². The first kappa shape index (κ1) is 32.9. The summed E-state index contributed by atoms with van der Waals surface area (Å²) in [5, 5.41) is 20.1. The monoisotopic (exact) mass is 596 g/mol. The number of phenols is 1. The lowest BCUT2D eigenvalue weighted by atomic mass is 10.0. The molecule has 0 heterocycles. The highest BCUT2D eigenvalue weighted by molar-refractivity contribution is 5.96. The number of rotatable bonds is 12. The van der Waals surface area contributed by atoms with Gasteiger partial charge in [-0.1, -0.05) is 42.5 Å². The average Bonchev–Trinajstić information content (AvgIpc) is 3.72. The minimum absolute atomic E-state index is 0.0448. The van der Waals surface area contributed by atoms with Gasteiger partial charge in [0.25, 0.3) is 0 Å². The topological polar surface area (TPSA) is 172 Å². The van der Waals surface area contributed by atoms with E-state index in [-0.39, 0.29) is 18.6 Å². The van der Waals surface area contributed by atoms with Crippen molar-refractivity contribution in [1.82, 2.24) is 21.3 Å². The highest BCUT2D eigenvalue weighted by atomic mass is 16.6. The molecule has 1 saturated carbocycles. The van der Waals surface area contributed by atoms with Gasteiger partial charge in [-0.15, -0.1) is 0 Å². The van der Waals surface area contributed by atoms with Gasteiger partial charge in [0, 0.05) is 12.8 Å². The molecule has 0 unspecified atom stereocenters. The van der Waals surface area contributed by atoms with E-state index in [1.54, 1.807) is 57.2 Å². The third kappa shape index (κ3) is 10.0. The standard InChI is InChI=1S/C31H40N4O8/c1-19(32-26(38)23(34-29(41)43-30(2,3)4)18-21-11-13-22(36)14-12-21)25(37)33-24(17-20-9-7-6-8-10-20)27(39)35-31(15-16-31)28(40)42-5/h6-14,19,23-24,36H,15-18H2,1-5H3,(H,32,38)(H,33,37)(H,34,41)(H,35,39)/t19-,23+,24+/m1/s1. The predicted octanol–water partition coefficient (Wildman–Crippen LogP) is 1.88. The molecule has 2 aromatic carbocycles. The largest absolute Gasteiger partial charge is 0.508 e. The molecule has 1 fully saturated rings. The van der Waals surface area contributed by atoms with Crippen molar-refractivity contribution < 1.29 is 38.6 Å². The molecule has 12 nitrogen and oxygen atoms in total. The molecule has 2 aromatic rings. The number of hydrogen-bond acceptors (Lipinski definition) is 8. The van der Waals surface area contributed by atoms with Gasteiger partial charge in [0.1, 0.15) is 35.0 Å². The number of hydrogen-bond donors (Lipinski definition) is 5. The van der Waals surface area contributed by atoms with Crippen molar-refractivity contribution in [1.29, 1.82) is 0 Å². The maximum atomic E-state index is 13.3. The second-order valence-corrected chi connectivity index (χ2v) is 11.6. The molecule has 0 radical (unpaired) electrons. The fourth-order valence-corrected chi connectivity index (χ4v) is 4.29. The van der Waals surface area contributed by atoms with E-state index in [1.165, 1.54) is 26.2 Å². The third-order valence-corrected chi connectivity index (χ3v) is 6.74. The molecule has 0 saturated heterocycles. The molecule has 0 bridgehead atoms. The van der Waals surface area contributed by atoms with E-state index in [0.717, 1.165) is 5.56 Å². The molecule has 12 heteroatoms. The van der Waals surface area contributed by atoms with Crippen molar-refractivity contribution in [2.75, 3.05) is 7.11 Å². The number of carbonyl (C=O) groups excluding carboxylic acids is 5. The van der Waals surface area contributed by atoms with Crippen LogP contribution in [0, 0.1) is 0 Å². The summed E-state index contributed by atoms with van der Waals surface area (Å²) >= 11 is 0. The van der Waals surface area contributed by atoms with E-state index in [9.17, 15) is 29.1 Å². The molecule has 1 aliphatic rings. The highest BCUT2D eigenvalue weighted by Crippen LogP contribution is 2.36. The van der Waals surface area contributed by atoms with Crippen LogP contribution < -0.4 is 21.3 Å². The second-order valence-electron chi connectivity index (χ2n) is 11.6. The smallest absolute Gasteiger partial charge is 0.408 e. The van der Waals surface area contributed by atoms with E-state index in [1.807, 2.05) is 6.07 Å². The molecule has 43 heavy (non-hydrogen) atoms. The average molecular weight is 597 g/mol. The summed E-state index contributed by atoms with van der Waals surface area (Å²) < 4.78 is 10.1. The normalized spacial score (nSPS) is 15.6. The Morgan fingerprint density at radius 2 is 1.37 bits per heavy atom. The second kappa shape index (κ2) is 14.0. The molecular formula is C31H40N4O8. The zero-order valence-corrected chi connectivity index (χ0v) is 25.1. The molecule has 5 N–H and O–H groups in total. The van der Waals surface area contributed by atoms with Crippen LogP contribution in [0.2, 0.25) is 0 Å². The highest BCUT2D eigenvalue weighted by Gasteiger charge is 2.53. The Hall–Kier alpha value is -4.61. The van der Waals surface area contributed by atoms with Crippen LogP contribution >= 0.6 is 0 Å². The quantitative estimate of drug-likeness (QED) is 0.231. The summed E-state index contributed by atoms with van der Waals surface area (Å²) in [5.41, 5.74) is -0.499. The SMILES string of the molecule is COC(=O)C1(NC(=O)[C@H](Cc2ccccc2)NC(=O)[C@@H](C)NC(=O)[C@H](Cc2ccc(O)cc2)NC(=O)OC(C)(C)C)CC1. The molecule has 232 valence electrons. The van der Waals surface area contributed by atoms with E-state index in [0.29, 0.717) is 18.4 Å². The fourth-order valence-electron chi connectivity index (χ4n) is 4.29. The van der Waals surface area contributed by atoms with Gasteiger partial charge in [0.05, 0.1) is 7.11 Å². The molecule has 1 aliphatic carbocycles. The number of benzene rings is 2. The lowest BCUT2D eigenvalue weighted by Crippen LogP contribution is -2.58. The number of amides is 4. The van der Waals surface area contributed by atoms with Crippen LogP contribution in [0.4, 0.5) is 4.79 Å². The number of alkyl carbamates (subject to hydrolysis) is 1. The van der Waals surface area contributed by atoms with Gasteiger partial charge in [0.2, 0.25) is 17.7 Å². The Labute approximate surface area is 250 Å². The third-order valence-electron chi connectivity index (χ3n) is 6.74. The first-order chi connectivity index (χ1) is 20.2. The van der Waals surface area contributed by atoms with Gasteiger partial charge >= 0.3 is 12.1 Å². The Balaban J connectivity index is 1.72. The van der Waals surface area contributed by atoms with Crippen molar-refractivity contribution in [3.8, 4) is 5.75 Å². The lowest BCUT2D eigenvalue weighted by Gasteiger charge is -2.26. The van der Waals surface area contributed by atoms with E-state index in [4.69, 9.17) is 9.47 Å². The summed E-state index contributed by atoms with van der Waals surface area (Å²) in [5.74, 6) is -2.37. The zero-order chi connectivity index (χ0) is 31.8. The number of esters is 1. The van der Waals surface area contributed by atoms with Crippen LogP contribution in [-0.2, 0) is 41.5 Å². The summed E-state index contributed by atoms with van der Waals surface area (Å²) in [6, 6.07) is 11.9. The number of methoxy groups -OCH3 is 1. The number of phenolic OH excluding ortho intramolecular Hbond substituents is 1. The lowest BCUT2D eigenvalue weighted by molar-refractivity contribution is -0.146. The van der Waals surface area contributed by atoms with Crippen LogP contribution in [-0.4, -0.2) is 71.3 Å². The minimum atomic E-state index is -1.12. The van der Waals surface area contributed by atoms with Gasteiger partial charge in [0.15, 0.2) is 0 Å². The number of nitrogens with one attached hydrogen (secondary N) is 4. The Morgan fingerprint density at radius 1 is 0.814 bits per heavy atom. The van der Waals surface area contributed by atoms with Crippen LogP contribution in [0.25, 0.3) is 0 Å². The fraction of sp³-hybridized carbons (Fsp3) is 0.452. The Kier molecular flexibility index (Phi) is 10.7. The van der Waals surface area contributed by atoms with Crippen molar-refractivity contribution in [3.63, 3.8) is 0 Å². The van der Waals surface area contributed by atoms with Crippen LogP contribution in [0.1, 0.15) is 51.7 Å². The van der Waals surface area contributed by atoms with Crippen molar-refractivity contribution in [2.45, 2.75) is 82.6 Å². The maximum Gasteiger partial charge on any atom is 0.408 e. The summed E-state index contributed by atoms with van der Waals surface area (Å²) in [7, 11) is 1.24. The van der Waals surface area contributed by atoms with E-state index >= 15 is 0 Å². The Bertz CT molecular complexity index is 1300. The molecule has 4 amide bonds. The molecule has 0 aromatic heterocycles. The van der Waals surface area contributed by atoms with Crippen molar-refractivity contribution in [2.24, 2.45) is 0 Å². The maximum absolute atomic E-state index is 13.3. The molecule has 0 spiro atoms. The van der Waals surface area contributed by atoms with Crippen molar-refractivity contribution in [3.05, 3.63) is 65.7 Å². The molecule has 3 rings (SSSR count). The molecule has 0 aliphatic heterocycles. The summed E-state index contributed by atoms with van der Waals surface area (Å²) in [4.78, 5) is 64.5. The van der Waals surface area contributed by atoms with Gasteiger partial charge in [-0.3, -0.25) is 14.4 Å². The minimum Gasteiger partial charge on any atom is -0.508 e. The van der Waals surface area contributed by atoms with Crippen molar-refractivity contribution >= 4 is 29.8 Å². The zero-order valence-electron chi connectivity index (χ0n) is 25.1. The first-order valence-corrected chi connectivity index (χ1v) is 14.0.